The fourth-order valence-corrected chi connectivity index (χ4v) is 0.980. The van der Waals surface area contributed by atoms with Crippen LogP contribution in [0, 0.1) is 0 Å². The van der Waals surface area contributed by atoms with Crippen molar-refractivity contribution in [3.05, 3.63) is 0 Å². The molecule has 0 rings (SSSR count). The highest BCUT2D eigenvalue weighted by Crippen LogP contribution is 1.90. The maximum Gasteiger partial charge on any atom is 0.264 e. The van der Waals surface area contributed by atoms with Gasteiger partial charge in [-0.1, -0.05) is 13.3 Å². The van der Waals surface area contributed by atoms with Crippen molar-refractivity contribution in [2.24, 2.45) is 0 Å². The molecule has 0 saturated heterocycles. The second-order valence-electron chi connectivity index (χ2n) is 1.64. The lowest BCUT2D eigenvalue weighted by Gasteiger charge is -1.90. The second-order valence-corrected chi connectivity index (χ2v) is 3.21. The normalized spacial score (nSPS) is 10.0. The third-order valence-corrected chi connectivity index (χ3v) is 1.56. The van der Waals surface area contributed by atoms with Gasteiger partial charge in [-0.25, -0.2) is 0 Å². The molecular formula is C5H13FO3S. The molecule has 0 heterocycles. The first-order chi connectivity index (χ1) is 4.56. The fourth-order valence-electron chi connectivity index (χ4n) is 0.327. The minimum Gasteiger partial charge on any atom is -0.286 e. The lowest BCUT2D eigenvalue weighted by Crippen LogP contribution is -2.02. The minimum atomic E-state index is -3.69. The summed E-state index contributed by atoms with van der Waals surface area (Å²) in [5.41, 5.74) is 0. The Labute approximate surface area is 61.0 Å². The van der Waals surface area contributed by atoms with Gasteiger partial charge in [-0.15, -0.1) is 0 Å². The number of hydrogen-bond donors (Lipinski definition) is 1. The molecule has 0 aliphatic carbocycles. The van der Waals surface area contributed by atoms with Crippen molar-refractivity contribution in [1.29, 1.82) is 0 Å². The van der Waals surface area contributed by atoms with Crippen molar-refractivity contribution in [3.63, 3.8) is 0 Å². The molecule has 0 spiro atoms. The smallest absolute Gasteiger partial charge is 0.264 e. The molecule has 10 heavy (non-hydrogen) atoms. The van der Waals surface area contributed by atoms with Crippen LogP contribution in [0.3, 0.4) is 0 Å². The molecule has 0 aromatic carbocycles. The molecule has 64 valence electrons. The van der Waals surface area contributed by atoms with Crippen LogP contribution >= 0.6 is 0 Å². The standard InChI is InChI=1S/C4H10O3S.CH3F/c1-2-3-4-8(5,6)7;1-2/h2-4H2,1H3,(H,5,6,7);1H3. The SMILES string of the molecule is CCCCS(=O)(=O)O.CF. The van der Waals surface area contributed by atoms with Crippen LogP contribution in [0.1, 0.15) is 19.8 Å². The van der Waals surface area contributed by atoms with E-state index in [2.05, 4.69) is 0 Å². The van der Waals surface area contributed by atoms with E-state index in [9.17, 15) is 12.8 Å². The summed E-state index contributed by atoms with van der Waals surface area (Å²) in [6, 6.07) is 0. The van der Waals surface area contributed by atoms with Crippen LogP contribution in [-0.2, 0) is 10.1 Å². The van der Waals surface area contributed by atoms with Crippen LogP contribution in [0.4, 0.5) is 4.39 Å². The van der Waals surface area contributed by atoms with Crippen molar-refractivity contribution in [2.75, 3.05) is 12.9 Å². The van der Waals surface area contributed by atoms with E-state index in [-0.39, 0.29) is 5.75 Å². The highest BCUT2D eigenvalue weighted by Gasteiger charge is 2.00. The Bertz CT molecular complexity index is 141. The van der Waals surface area contributed by atoms with Gasteiger partial charge in [-0.3, -0.25) is 8.94 Å². The predicted molar refractivity (Wildman–Crippen MR) is 38.4 cm³/mol. The van der Waals surface area contributed by atoms with Crippen molar-refractivity contribution >= 4 is 10.1 Å². The van der Waals surface area contributed by atoms with Crippen molar-refractivity contribution in [2.45, 2.75) is 19.8 Å². The van der Waals surface area contributed by atoms with Gasteiger partial charge in [0.1, 0.15) is 0 Å². The van der Waals surface area contributed by atoms with Crippen molar-refractivity contribution in [3.8, 4) is 0 Å². The van der Waals surface area contributed by atoms with E-state index in [4.69, 9.17) is 4.55 Å². The Hall–Kier alpha value is -0.160. The molecule has 0 unspecified atom stereocenters. The zero-order valence-electron chi connectivity index (χ0n) is 6.17. The van der Waals surface area contributed by atoms with E-state index in [1.54, 1.807) is 0 Å². The zero-order chi connectivity index (χ0) is 8.62. The minimum absolute atomic E-state index is 0.108. The van der Waals surface area contributed by atoms with Crippen molar-refractivity contribution in [1.82, 2.24) is 0 Å². The van der Waals surface area contributed by atoms with Gasteiger partial charge in [-0.2, -0.15) is 8.42 Å². The molecule has 0 aliphatic heterocycles. The molecule has 0 fully saturated rings. The number of halogens is 1. The van der Waals surface area contributed by atoms with Crippen LogP contribution in [0.15, 0.2) is 0 Å². The van der Waals surface area contributed by atoms with E-state index in [0.717, 1.165) is 6.42 Å². The molecular weight excluding hydrogens is 159 g/mol. The Balaban J connectivity index is 0. The predicted octanol–water partition coefficient (Wildman–Crippen LogP) is 1.26. The van der Waals surface area contributed by atoms with Crippen LogP contribution in [0.2, 0.25) is 0 Å². The number of alkyl halides is 1. The Kier molecular flexibility index (Phi) is 8.70. The van der Waals surface area contributed by atoms with Crippen molar-refractivity contribution < 1.29 is 17.4 Å². The summed E-state index contributed by atoms with van der Waals surface area (Å²) in [5.74, 6) is -0.108. The highest BCUT2D eigenvalue weighted by atomic mass is 32.2. The summed E-state index contributed by atoms with van der Waals surface area (Å²) in [6.07, 6.45) is 1.33. The molecule has 0 aromatic heterocycles. The maximum absolute atomic E-state index is 9.95. The molecule has 0 saturated carbocycles. The molecule has 1 N–H and O–H groups in total. The van der Waals surface area contributed by atoms with Crippen LogP contribution < -0.4 is 0 Å². The molecule has 0 bridgehead atoms. The number of unbranched alkanes of at least 4 members (excludes halogenated alkanes) is 1. The van der Waals surface area contributed by atoms with Crippen LogP contribution in [0.25, 0.3) is 0 Å². The summed E-state index contributed by atoms with van der Waals surface area (Å²) in [5, 5.41) is 0. The Morgan fingerprint density at radius 1 is 1.40 bits per heavy atom. The van der Waals surface area contributed by atoms with Gasteiger partial charge in [-0.05, 0) is 6.42 Å². The quantitative estimate of drug-likeness (QED) is 0.652. The van der Waals surface area contributed by atoms with Gasteiger partial charge in [0.15, 0.2) is 0 Å². The second kappa shape index (κ2) is 6.95. The average molecular weight is 172 g/mol. The van der Waals surface area contributed by atoms with E-state index >= 15 is 0 Å². The monoisotopic (exact) mass is 172 g/mol. The first kappa shape index (κ1) is 12.5. The molecule has 0 amide bonds. The van der Waals surface area contributed by atoms with E-state index in [0.29, 0.717) is 13.6 Å². The molecule has 0 aromatic rings. The number of rotatable bonds is 3. The summed E-state index contributed by atoms with van der Waals surface area (Å²) in [7, 11) is -3.19. The summed E-state index contributed by atoms with van der Waals surface area (Å²) in [6.45, 7) is 1.87. The third kappa shape index (κ3) is 15.7. The maximum atomic E-state index is 9.95. The summed E-state index contributed by atoms with van der Waals surface area (Å²) in [4.78, 5) is 0. The van der Waals surface area contributed by atoms with E-state index in [1.807, 2.05) is 6.92 Å². The molecule has 5 heteroatoms. The van der Waals surface area contributed by atoms with Gasteiger partial charge < -0.3 is 0 Å². The highest BCUT2D eigenvalue weighted by molar-refractivity contribution is 7.85. The Morgan fingerprint density at radius 2 is 1.80 bits per heavy atom. The summed E-state index contributed by atoms with van der Waals surface area (Å²) < 4.78 is 37.5. The largest absolute Gasteiger partial charge is 0.286 e. The molecule has 0 aliphatic rings. The molecule has 3 nitrogen and oxygen atoms in total. The Morgan fingerprint density at radius 3 is 1.90 bits per heavy atom. The average Bonchev–Trinajstić information content (AvgIpc) is 1.87. The van der Waals surface area contributed by atoms with E-state index in [1.165, 1.54) is 0 Å². The molecule has 0 atom stereocenters. The first-order valence-electron chi connectivity index (χ1n) is 2.89. The van der Waals surface area contributed by atoms with Gasteiger partial charge in [0.25, 0.3) is 10.1 Å². The lowest BCUT2D eigenvalue weighted by atomic mass is 10.4. The fraction of sp³-hybridized carbons (Fsp3) is 1.00. The van der Waals surface area contributed by atoms with Gasteiger partial charge >= 0.3 is 0 Å². The topological polar surface area (TPSA) is 54.4 Å². The first-order valence-corrected chi connectivity index (χ1v) is 4.50. The van der Waals surface area contributed by atoms with Gasteiger partial charge in [0, 0.05) is 0 Å². The van der Waals surface area contributed by atoms with E-state index < -0.39 is 10.1 Å². The van der Waals surface area contributed by atoms with Crippen LogP contribution in [-0.4, -0.2) is 25.9 Å². The molecule has 0 radical (unpaired) electrons. The summed E-state index contributed by atoms with van der Waals surface area (Å²) >= 11 is 0. The van der Waals surface area contributed by atoms with Gasteiger partial charge in [0.2, 0.25) is 0 Å². The third-order valence-electron chi connectivity index (χ3n) is 0.756. The zero-order valence-corrected chi connectivity index (χ0v) is 6.99. The van der Waals surface area contributed by atoms with Gasteiger partial charge in [0.05, 0.1) is 12.9 Å². The lowest BCUT2D eigenvalue weighted by molar-refractivity contribution is 0.480. The van der Waals surface area contributed by atoms with Crippen LogP contribution in [0.5, 0.6) is 0 Å². The number of hydrogen-bond acceptors (Lipinski definition) is 2.